The average molecular weight is 401 g/mol. The third kappa shape index (κ3) is 4.34. The van der Waals surface area contributed by atoms with Gasteiger partial charge in [-0.2, -0.15) is 4.68 Å². The summed E-state index contributed by atoms with van der Waals surface area (Å²) < 4.78 is 17.3. The van der Waals surface area contributed by atoms with E-state index in [9.17, 15) is 4.79 Å². The van der Waals surface area contributed by atoms with E-state index in [0.29, 0.717) is 33.8 Å². The topological polar surface area (TPSA) is 100 Å². The third-order valence-electron chi connectivity index (χ3n) is 3.77. The van der Waals surface area contributed by atoms with Crippen LogP contribution in [-0.2, 0) is 4.79 Å². The zero-order valence-electron chi connectivity index (χ0n) is 15.6. The summed E-state index contributed by atoms with van der Waals surface area (Å²) in [7, 11) is 4.67. The van der Waals surface area contributed by atoms with Crippen molar-refractivity contribution in [1.82, 2.24) is 20.2 Å². The van der Waals surface area contributed by atoms with E-state index in [1.54, 1.807) is 32.4 Å². The summed E-state index contributed by atoms with van der Waals surface area (Å²) in [5.74, 6) is 1.66. The predicted molar refractivity (Wildman–Crippen MR) is 105 cm³/mol. The van der Waals surface area contributed by atoms with Gasteiger partial charge in [0.25, 0.3) is 0 Å². The van der Waals surface area contributed by atoms with Crippen LogP contribution < -0.4 is 19.5 Å². The SMILES string of the molecule is COc1ccc(OC)c(NC(=O)CSc2nnnn2-c2ccccc2OC)c1. The van der Waals surface area contributed by atoms with Crippen molar-refractivity contribution in [2.75, 3.05) is 32.4 Å². The van der Waals surface area contributed by atoms with Gasteiger partial charge in [-0.25, -0.2) is 0 Å². The number of hydrogen-bond acceptors (Lipinski definition) is 8. The Bertz CT molecular complexity index is 963. The van der Waals surface area contributed by atoms with Crippen molar-refractivity contribution >= 4 is 23.4 Å². The molecular weight excluding hydrogens is 382 g/mol. The van der Waals surface area contributed by atoms with Gasteiger partial charge in [0.1, 0.15) is 22.9 Å². The highest BCUT2D eigenvalue weighted by atomic mass is 32.2. The quantitative estimate of drug-likeness (QED) is 0.575. The Hall–Kier alpha value is -3.27. The Labute approximate surface area is 166 Å². The first-order valence-electron chi connectivity index (χ1n) is 8.22. The maximum atomic E-state index is 12.4. The number of aromatic nitrogens is 4. The van der Waals surface area contributed by atoms with Gasteiger partial charge in [-0.3, -0.25) is 4.79 Å². The molecule has 0 saturated carbocycles. The largest absolute Gasteiger partial charge is 0.497 e. The molecule has 1 aromatic heterocycles. The number of thioether (sulfide) groups is 1. The molecule has 9 nitrogen and oxygen atoms in total. The number of benzene rings is 2. The second-order valence-electron chi connectivity index (χ2n) is 5.45. The average Bonchev–Trinajstić information content (AvgIpc) is 3.20. The summed E-state index contributed by atoms with van der Waals surface area (Å²) in [5.41, 5.74) is 1.21. The van der Waals surface area contributed by atoms with Gasteiger partial charge in [0.2, 0.25) is 11.1 Å². The van der Waals surface area contributed by atoms with E-state index in [4.69, 9.17) is 14.2 Å². The highest BCUT2D eigenvalue weighted by Crippen LogP contribution is 2.29. The molecule has 3 aromatic rings. The molecule has 0 saturated heterocycles. The smallest absolute Gasteiger partial charge is 0.234 e. The fourth-order valence-electron chi connectivity index (χ4n) is 2.45. The number of nitrogens with one attached hydrogen (secondary N) is 1. The van der Waals surface area contributed by atoms with Crippen molar-refractivity contribution in [3.63, 3.8) is 0 Å². The molecule has 0 aliphatic heterocycles. The molecule has 3 rings (SSSR count). The molecule has 1 heterocycles. The number of carbonyl (C=O) groups is 1. The van der Waals surface area contributed by atoms with Crippen molar-refractivity contribution in [2.24, 2.45) is 0 Å². The zero-order chi connectivity index (χ0) is 19.9. The van der Waals surface area contributed by atoms with Gasteiger partial charge in [0, 0.05) is 6.07 Å². The Morgan fingerprint density at radius 2 is 1.86 bits per heavy atom. The van der Waals surface area contributed by atoms with Crippen LogP contribution in [0.15, 0.2) is 47.6 Å². The van der Waals surface area contributed by atoms with Gasteiger partial charge in [-0.15, -0.1) is 5.10 Å². The van der Waals surface area contributed by atoms with Crippen LogP contribution in [0.3, 0.4) is 0 Å². The van der Waals surface area contributed by atoms with Crippen LogP contribution in [0.5, 0.6) is 17.2 Å². The van der Waals surface area contributed by atoms with E-state index in [0.717, 1.165) is 0 Å². The highest BCUT2D eigenvalue weighted by Gasteiger charge is 2.15. The predicted octanol–water partition coefficient (Wildman–Crippen LogP) is 2.42. The number of tetrazole rings is 1. The van der Waals surface area contributed by atoms with Gasteiger partial charge in [0.05, 0.1) is 32.8 Å². The van der Waals surface area contributed by atoms with Gasteiger partial charge >= 0.3 is 0 Å². The molecule has 1 N–H and O–H groups in total. The molecule has 0 atom stereocenters. The molecule has 146 valence electrons. The summed E-state index contributed by atoms with van der Waals surface area (Å²) in [4.78, 5) is 12.4. The van der Waals surface area contributed by atoms with E-state index in [1.165, 1.54) is 23.6 Å². The second-order valence-corrected chi connectivity index (χ2v) is 6.39. The van der Waals surface area contributed by atoms with E-state index in [1.807, 2.05) is 24.3 Å². The first-order chi connectivity index (χ1) is 13.7. The second kappa shape index (κ2) is 9.09. The molecule has 0 bridgehead atoms. The molecule has 1 amide bonds. The van der Waals surface area contributed by atoms with E-state index < -0.39 is 0 Å². The van der Waals surface area contributed by atoms with Crippen LogP contribution in [0.4, 0.5) is 5.69 Å². The lowest BCUT2D eigenvalue weighted by molar-refractivity contribution is -0.113. The summed E-state index contributed by atoms with van der Waals surface area (Å²) in [6.07, 6.45) is 0. The number of nitrogens with zero attached hydrogens (tertiary/aromatic N) is 4. The Morgan fingerprint density at radius 1 is 1.07 bits per heavy atom. The number of ether oxygens (including phenoxy) is 3. The maximum absolute atomic E-state index is 12.4. The number of anilines is 1. The van der Waals surface area contributed by atoms with Crippen molar-refractivity contribution in [2.45, 2.75) is 5.16 Å². The van der Waals surface area contributed by atoms with E-state index in [2.05, 4.69) is 20.8 Å². The van der Waals surface area contributed by atoms with Crippen LogP contribution in [0.1, 0.15) is 0 Å². The lowest BCUT2D eigenvalue weighted by Crippen LogP contribution is -2.15. The summed E-state index contributed by atoms with van der Waals surface area (Å²) in [5, 5.41) is 15.0. The minimum Gasteiger partial charge on any atom is -0.497 e. The molecule has 0 spiro atoms. The summed E-state index contributed by atoms with van der Waals surface area (Å²) in [6, 6.07) is 12.5. The fraction of sp³-hybridized carbons (Fsp3) is 0.222. The first kappa shape index (κ1) is 19.5. The minimum absolute atomic E-state index is 0.107. The highest BCUT2D eigenvalue weighted by molar-refractivity contribution is 7.99. The lowest BCUT2D eigenvalue weighted by atomic mass is 10.2. The number of para-hydroxylation sites is 2. The molecule has 0 unspecified atom stereocenters. The Kier molecular flexibility index (Phi) is 6.33. The summed E-state index contributed by atoms with van der Waals surface area (Å²) in [6.45, 7) is 0. The van der Waals surface area contributed by atoms with Gasteiger partial charge in [0.15, 0.2) is 0 Å². The Balaban J connectivity index is 1.71. The summed E-state index contributed by atoms with van der Waals surface area (Å²) >= 11 is 1.21. The van der Waals surface area contributed by atoms with Crippen LogP contribution in [0, 0.1) is 0 Å². The van der Waals surface area contributed by atoms with Crippen LogP contribution in [0.25, 0.3) is 5.69 Å². The maximum Gasteiger partial charge on any atom is 0.234 e. The molecule has 2 aromatic carbocycles. The molecule has 0 aliphatic rings. The first-order valence-corrected chi connectivity index (χ1v) is 9.21. The van der Waals surface area contributed by atoms with Crippen LogP contribution >= 0.6 is 11.8 Å². The number of hydrogen-bond donors (Lipinski definition) is 1. The Morgan fingerprint density at radius 3 is 2.61 bits per heavy atom. The van der Waals surface area contributed by atoms with Crippen molar-refractivity contribution < 1.29 is 19.0 Å². The van der Waals surface area contributed by atoms with Crippen molar-refractivity contribution in [1.29, 1.82) is 0 Å². The third-order valence-corrected chi connectivity index (χ3v) is 4.69. The molecule has 28 heavy (non-hydrogen) atoms. The van der Waals surface area contributed by atoms with Crippen molar-refractivity contribution in [3.8, 4) is 22.9 Å². The molecule has 0 aliphatic carbocycles. The monoisotopic (exact) mass is 401 g/mol. The van der Waals surface area contributed by atoms with Gasteiger partial charge in [-0.05, 0) is 34.7 Å². The normalized spacial score (nSPS) is 10.4. The number of carbonyl (C=O) groups excluding carboxylic acids is 1. The van der Waals surface area contributed by atoms with Crippen molar-refractivity contribution in [3.05, 3.63) is 42.5 Å². The van der Waals surface area contributed by atoms with Crippen LogP contribution in [0.2, 0.25) is 0 Å². The van der Waals surface area contributed by atoms with Crippen LogP contribution in [-0.4, -0.2) is 53.2 Å². The molecule has 10 heteroatoms. The number of amides is 1. The number of methoxy groups -OCH3 is 3. The molecule has 0 radical (unpaired) electrons. The van der Waals surface area contributed by atoms with E-state index >= 15 is 0 Å². The van der Waals surface area contributed by atoms with Gasteiger partial charge in [-0.1, -0.05) is 23.9 Å². The fourth-order valence-corrected chi connectivity index (χ4v) is 3.14. The standard InChI is InChI=1S/C18H19N5O4S/c1-25-12-8-9-15(26-2)13(10-12)19-17(24)11-28-18-20-21-22-23(18)14-6-4-5-7-16(14)27-3/h4-10H,11H2,1-3H3,(H,19,24). The zero-order valence-corrected chi connectivity index (χ0v) is 16.4. The van der Waals surface area contributed by atoms with E-state index in [-0.39, 0.29) is 11.7 Å². The molecule has 0 fully saturated rings. The number of rotatable bonds is 8. The molecular formula is C18H19N5O4S. The lowest BCUT2D eigenvalue weighted by Gasteiger charge is -2.12. The van der Waals surface area contributed by atoms with Gasteiger partial charge < -0.3 is 19.5 Å². The minimum atomic E-state index is -0.230.